The molecule has 3 atom stereocenters. The number of nitrogens with one attached hydrogen (secondary N) is 1. The summed E-state index contributed by atoms with van der Waals surface area (Å²) in [5.41, 5.74) is 2.72. The van der Waals surface area contributed by atoms with E-state index in [2.05, 4.69) is 22.1 Å². The number of hydrogen-bond donors (Lipinski definition) is 2. The molecule has 0 spiro atoms. The van der Waals surface area contributed by atoms with Gasteiger partial charge in [0.15, 0.2) is 0 Å². The van der Waals surface area contributed by atoms with E-state index in [-0.39, 0.29) is 42.9 Å². The van der Waals surface area contributed by atoms with Gasteiger partial charge < -0.3 is 20.1 Å². The van der Waals surface area contributed by atoms with E-state index in [1.807, 2.05) is 26.1 Å². The van der Waals surface area contributed by atoms with Crippen molar-refractivity contribution in [1.29, 1.82) is 0 Å². The van der Waals surface area contributed by atoms with Crippen molar-refractivity contribution >= 4 is 40.7 Å². The smallest absolute Gasteiger partial charge is 0.255 e. The minimum Gasteiger partial charge on any atom is -0.488 e. The number of fused-ring (bicyclic) bond motifs is 1. The number of nitrogens with zero attached hydrogens (tertiary/aromatic N) is 3. The van der Waals surface area contributed by atoms with Crippen molar-refractivity contribution < 1.29 is 19.4 Å². The Kier molecular flexibility index (Phi) is 10.0. The SMILES string of the molecule is C[C@@H]1CN([C@H](C)CO)C(=O)Cc2cc(NC(=O)c3ccncc3)ccc2O[C@H]1CN(C)Cc1ccc(Cl)c(Cl)c1. The van der Waals surface area contributed by atoms with Gasteiger partial charge in [0.2, 0.25) is 5.91 Å². The quantitative estimate of drug-likeness (QED) is 0.390. The molecular weight excluding hydrogens is 551 g/mol. The summed E-state index contributed by atoms with van der Waals surface area (Å²) in [6.07, 6.45) is 2.94. The summed E-state index contributed by atoms with van der Waals surface area (Å²) in [5, 5.41) is 13.8. The first-order valence-electron chi connectivity index (χ1n) is 13.2. The van der Waals surface area contributed by atoms with Crippen LogP contribution in [0.3, 0.4) is 0 Å². The number of rotatable bonds is 8. The fourth-order valence-corrected chi connectivity index (χ4v) is 5.07. The Labute approximate surface area is 244 Å². The van der Waals surface area contributed by atoms with E-state index in [4.69, 9.17) is 27.9 Å². The van der Waals surface area contributed by atoms with E-state index >= 15 is 0 Å². The van der Waals surface area contributed by atoms with Gasteiger partial charge >= 0.3 is 0 Å². The maximum atomic E-state index is 13.4. The lowest BCUT2D eigenvalue weighted by molar-refractivity contribution is -0.134. The van der Waals surface area contributed by atoms with Gasteiger partial charge in [-0.3, -0.25) is 19.5 Å². The van der Waals surface area contributed by atoms with Gasteiger partial charge in [-0.05, 0) is 62.0 Å². The summed E-state index contributed by atoms with van der Waals surface area (Å²) in [4.78, 5) is 34.0. The molecule has 0 saturated heterocycles. The number of likely N-dealkylation sites (N-methyl/N-ethyl adjacent to an activating group) is 1. The van der Waals surface area contributed by atoms with E-state index in [9.17, 15) is 14.7 Å². The first kappa shape index (κ1) is 29.8. The lowest BCUT2D eigenvalue weighted by atomic mass is 10.0. The number of carbonyl (C=O) groups is 2. The van der Waals surface area contributed by atoms with Gasteiger partial charge in [-0.25, -0.2) is 0 Å². The Balaban J connectivity index is 1.59. The molecule has 10 heteroatoms. The molecule has 8 nitrogen and oxygen atoms in total. The molecule has 0 fully saturated rings. The van der Waals surface area contributed by atoms with Crippen LogP contribution in [-0.2, 0) is 17.8 Å². The van der Waals surface area contributed by atoms with Crippen molar-refractivity contribution in [3.63, 3.8) is 0 Å². The van der Waals surface area contributed by atoms with Crippen LogP contribution in [0.4, 0.5) is 5.69 Å². The number of halogens is 2. The average molecular weight is 586 g/mol. The lowest BCUT2D eigenvalue weighted by Gasteiger charge is -2.34. The Morgan fingerprint density at radius 3 is 2.62 bits per heavy atom. The molecule has 4 rings (SSSR count). The molecule has 212 valence electrons. The van der Waals surface area contributed by atoms with Gasteiger partial charge in [-0.15, -0.1) is 0 Å². The largest absolute Gasteiger partial charge is 0.488 e. The standard InChI is InChI=1S/C30H34Cl2N4O4/c1-19-15-36(20(2)18-37)29(38)14-23-13-24(34-30(39)22-8-10-33-11-9-22)5-7-27(23)40-28(19)17-35(3)16-21-4-6-25(31)26(32)12-21/h4-13,19-20,28,37H,14-18H2,1-3H3,(H,34,39)/t19-,20-,28+/m1/s1. The zero-order valence-corrected chi connectivity index (χ0v) is 24.3. The first-order valence-corrected chi connectivity index (χ1v) is 13.9. The van der Waals surface area contributed by atoms with Crippen molar-refractivity contribution in [3.8, 4) is 5.75 Å². The van der Waals surface area contributed by atoms with E-state index in [1.54, 1.807) is 53.7 Å². The number of aliphatic hydroxyl groups excluding tert-OH is 1. The second-order valence-corrected chi connectivity index (χ2v) is 11.2. The lowest BCUT2D eigenvalue weighted by Crippen LogP contribution is -2.47. The predicted molar refractivity (Wildman–Crippen MR) is 157 cm³/mol. The van der Waals surface area contributed by atoms with Crippen molar-refractivity contribution in [3.05, 3.63) is 87.7 Å². The second kappa shape index (κ2) is 13.5. The number of aromatic nitrogens is 1. The molecule has 0 unspecified atom stereocenters. The van der Waals surface area contributed by atoms with Crippen LogP contribution in [0.1, 0.15) is 35.3 Å². The molecule has 1 aliphatic heterocycles. The summed E-state index contributed by atoms with van der Waals surface area (Å²) in [6.45, 7) is 5.39. The molecule has 2 heterocycles. The molecule has 2 N–H and O–H groups in total. The highest BCUT2D eigenvalue weighted by Gasteiger charge is 2.31. The van der Waals surface area contributed by atoms with Crippen LogP contribution in [0.5, 0.6) is 5.75 Å². The van der Waals surface area contributed by atoms with Crippen LogP contribution in [0, 0.1) is 5.92 Å². The molecule has 1 aliphatic rings. The van der Waals surface area contributed by atoms with Crippen molar-refractivity contribution in [2.75, 3.05) is 32.1 Å². The number of benzene rings is 2. The molecule has 40 heavy (non-hydrogen) atoms. The molecule has 2 amide bonds. The Morgan fingerprint density at radius 1 is 1.18 bits per heavy atom. The van der Waals surface area contributed by atoms with Crippen LogP contribution >= 0.6 is 23.2 Å². The van der Waals surface area contributed by atoms with Gasteiger partial charge in [0.05, 0.1) is 29.1 Å². The van der Waals surface area contributed by atoms with E-state index < -0.39 is 0 Å². The number of hydrogen-bond acceptors (Lipinski definition) is 6. The summed E-state index contributed by atoms with van der Waals surface area (Å²) in [5.74, 6) is 0.170. The van der Waals surface area contributed by atoms with Crippen LogP contribution in [0.2, 0.25) is 10.0 Å². The number of ether oxygens (including phenoxy) is 1. The van der Waals surface area contributed by atoms with E-state index in [0.717, 1.165) is 5.56 Å². The normalized spacial score (nSPS) is 18.3. The summed E-state index contributed by atoms with van der Waals surface area (Å²) >= 11 is 12.3. The highest BCUT2D eigenvalue weighted by atomic mass is 35.5. The summed E-state index contributed by atoms with van der Waals surface area (Å²) < 4.78 is 6.58. The number of pyridine rings is 1. The molecule has 0 aliphatic carbocycles. The van der Waals surface area contributed by atoms with Gasteiger partial charge in [-0.2, -0.15) is 0 Å². The number of carbonyl (C=O) groups excluding carboxylic acids is 2. The van der Waals surface area contributed by atoms with Gasteiger partial charge in [0.25, 0.3) is 5.91 Å². The van der Waals surface area contributed by atoms with Crippen molar-refractivity contribution in [2.45, 2.75) is 39.0 Å². The second-order valence-electron chi connectivity index (χ2n) is 10.3. The first-order chi connectivity index (χ1) is 19.1. The number of anilines is 1. The van der Waals surface area contributed by atoms with E-state index in [1.165, 1.54) is 0 Å². The molecule has 0 radical (unpaired) electrons. The van der Waals surface area contributed by atoms with Crippen LogP contribution in [-0.4, -0.2) is 70.6 Å². The van der Waals surface area contributed by atoms with Gasteiger partial charge in [-0.1, -0.05) is 36.2 Å². The molecular formula is C30H34Cl2N4O4. The van der Waals surface area contributed by atoms with Crippen LogP contribution in [0.25, 0.3) is 0 Å². The van der Waals surface area contributed by atoms with E-state index in [0.29, 0.717) is 52.2 Å². The molecule has 3 aromatic rings. The summed E-state index contributed by atoms with van der Waals surface area (Å²) in [7, 11) is 2.00. The number of aliphatic hydroxyl groups is 1. The topological polar surface area (TPSA) is 95.0 Å². The molecule has 0 saturated carbocycles. The zero-order chi connectivity index (χ0) is 28.8. The third-order valence-electron chi connectivity index (χ3n) is 7.04. The maximum Gasteiger partial charge on any atom is 0.255 e. The monoisotopic (exact) mass is 584 g/mol. The fourth-order valence-electron chi connectivity index (χ4n) is 4.75. The van der Waals surface area contributed by atoms with Crippen molar-refractivity contribution in [2.24, 2.45) is 5.92 Å². The zero-order valence-electron chi connectivity index (χ0n) is 22.8. The van der Waals surface area contributed by atoms with Crippen molar-refractivity contribution in [1.82, 2.24) is 14.8 Å². The highest BCUT2D eigenvalue weighted by molar-refractivity contribution is 6.42. The predicted octanol–water partition coefficient (Wildman–Crippen LogP) is 4.92. The molecule has 1 aromatic heterocycles. The maximum absolute atomic E-state index is 13.4. The minimum absolute atomic E-state index is 0.0359. The summed E-state index contributed by atoms with van der Waals surface area (Å²) in [6, 6.07) is 13.9. The van der Waals surface area contributed by atoms with Crippen LogP contribution < -0.4 is 10.1 Å². The Bertz CT molecular complexity index is 1340. The third kappa shape index (κ3) is 7.52. The Morgan fingerprint density at radius 2 is 1.93 bits per heavy atom. The minimum atomic E-state index is -0.347. The van der Waals surface area contributed by atoms with Gasteiger partial charge in [0, 0.05) is 54.8 Å². The number of amides is 2. The average Bonchev–Trinajstić information content (AvgIpc) is 2.98. The van der Waals surface area contributed by atoms with Gasteiger partial charge in [0.1, 0.15) is 11.9 Å². The molecule has 2 aromatic carbocycles. The third-order valence-corrected chi connectivity index (χ3v) is 7.78. The van der Waals surface area contributed by atoms with Crippen LogP contribution in [0.15, 0.2) is 60.9 Å². The Hall–Kier alpha value is -3.17. The fraction of sp³-hybridized carbons (Fsp3) is 0.367. The highest BCUT2D eigenvalue weighted by Crippen LogP contribution is 2.30. The molecule has 0 bridgehead atoms.